The Morgan fingerprint density at radius 1 is 1.09 bits per heavy atom. The summed E-state index contributed by atoms with van der Waals surface area (Å²) in [6, 6.07) is 0.574. The predicted molar refractivity (Wildman–Crippen MR) is 92.3 cm³/mol. The molecule has 0 aromatic heterocycles. The van der Waals surface area contributed by atoms with E-state index in [1.807, 2.05) is 20.8 Å². The number of alkyl carbamates (subject to hydrolysis) is 1. The minimum absolute atomic E-state index is 0.281. The van der Waals surface area contributed by atoms with Gasteiger partial charge in [0.05, 0.1) is 0 Å². The van der Waals surface area contributed by atoms with Gasteiger partial charge in [-0.3, -0.25) is 0 Å². The van der Waals surface area contributed by atoms with Crippen molar-refractivity contribution in [3.63, 3.8) is 0 Å². The second-order valence-electron chi connectivity index (χ2n) is 8.93. The third kappa shape index (κ3) is 5.37. The Balaban J connectivity index is 1.39. The molecule has 23 heavy (non-hydrogen) atoms. The van der Waals surface area contributed by atoms with E-state index in [-0.39, 0.29) is 6.09 Å². The molecule has 3 aliphatic rings. The van der Waals surface area contributed by atoms with Crippen LogP contribution in [0.5, 0.6) is 0 Å². The third-order valence-corrected chi connectivity index (χ3v) is 5.64. The average Bonchev–Trinajstić information content (AvgIpc) is 3.35. The van der Waals surface area contributed by atoms with E-state index in [2.05, 4.69) is 10.6 Å². The van der Waals surface area contributed by atoms with E-state index in [0.29, 0.717) is 12.0 Å². The van der Waals surface area contributed by atoms with Crippen LogP contribution in [0.4, 0.5) is 4.79 Å². The molecule has 0 radical (unpaired) electrons. The highest BCUT2D eigenvalue weighted by atomic mass is 16.6. The molecule has 0 heterocycles. The van der Waals surface area contributed by atoms with Crippen molar-refractivity contribution in [2.45, 2.75) is 77.4 Å². The summed E-state index contributed by atoms with van der Waals surface area (Å²) in [5, 5.41) is 6.82. The number of amides is 1. The van der Waals surface area contributed by atoms with E-state index in [9.17, 15) is 4.79 Å². The number of hydrogen-bond donors (Lipinski definition) is 2. The molecule has 0 bridgehead atoms. The summed E-state index contributed by atoms with van der Waals surface area (Å²) in [6.45, 7) is 7.65. The first-order chi connectivity index (χ1) is 10.9. The highest BCUT2D eigenvalue weighted by Gasteiger charge is 2.41. The zero-order valence-electron chi connectivity index (χ0n) is 15.1. The van der Waals surface area contributed by atoms with Crippen molar-refractivity contribution in [1.82, 2.24) is 10.6 Å². The molecule has 4 heteroatoms. The summed E-state index contributed by atoms with van der Waals surface area (Å²) < 4.78 is 5.34. The van der Waals surface area contributed by atoms with Crippen molar-refractivity contribution in [2.24, 2.45) is 23.7 Å². The van der Waals surface area contributed by atoms with Crippen LogP contribution in [-0.4, -0.2) is 30.8 Å². The van der Waals surface area contributed by atoms with E-state index < -0.39 is 5.60 Å². The van der Waals surface area contributed by atoms with Gasteiger partial charge in [-0.15, -0.1) is 0 Å². The van der Waals surface area contributed by atoms with Crippen LogP contribution in [0, 0.1) is 23.7 Å². The maximum atomic E-state index is 11.8. The van der Waals surface area contributed by atoms with Gasteiger partial charge < -0.3 is 15.4 Å². The van der Waals surface area contributed by atoms with Crippen molar-refractivity contribution < 1.29 is 9.53 Å². The Labute approximate surface area is 141 Å². The quantitative estimate of drug-likeness (QED) is 0.751. The molecule has 3 rings (SSSR count). The van der Waals surface area contributed by atoms with Crippen LogP contribution in [-0.2, 0) is 4.74 Å². The Morgan fingerprint density at radius 2 is 1.74 bits per heavy atom. The topological polar surface area (TPSA) is 50.4 Å². The zero-order chi connectivity index (χ0) is 16.4. The first-order valence-corrected chi connectivity index (χ1v) is 9.62. The van der Waals surface area contributed by atoms with E-state index in [1.54, 1.807) is 0 Å². The lowest BCUT2D eigenvalue weighted by atomic mass is 9.96. The molecule has 3 aliphatic carbocycles. The summed E-state index contributed by atoms with van der Waals surface area (Å²) in [6.07, 6.45) is 9.28. The number of carbonyl (C=O) groups excluding carboxylic acids is 1. The molecular weight excluding hydrogens is 288 g/mol. The first-order valence-electron chi connectivity index (χ1n) is 9.62. The lowest BCUT2D eigenvalue weighted by Crippen LogP contribution is -2.42. The van der Waals surface area contributed by atoms with Crippen molar-refractivity contribution in [3.8, 4) is 0 Å². The summed E-state index contributed by atoms with van der Waals surface area (Å²) in [5.41, 5.74) is -0.417. The van der Waals surface area contributed by atoms with Crippen LogP contribution in [0.3, 0.4) is 0 Å². The molecule has 3 fully saturated rings. The fourth-order valence-electron chi connectivity index (χ4n) is 4.13. The van der Waals surface area contributed by atoms with E-state index in [4.69, 9.17) is 4.74 Å². The molecule has 0 aromatic carbocycles. The van der Waals surface area contributed by atoms with Gasteiger partial charge in [-0.1, -0.05) is 6.42 Å². The van der Waals surface area contributed by atoms with Crippen LogP contribution in [0.2, 0.25) is 0 Å². The maximum absolute atomic E-state index is 11.8. The van der Waals surface area contributed by atoms with Gasteiger partial charge in [-0.25, -0.2) is 4.79 Å². The maximum Gasteiger partial charge on any atom is 0.407 e. The largest absolute Gasteiger partial charge is 0.444 e. The Hall–Kier alpha value is -0.770. The van der Waals surface area contributed by atoms with Crippen molar-refractivity contribution in [3.05, 3.63) is 0 Å². The summed E-state index contributed by atoms with van der Waals surface area (Å²) in [7, 11) is 0. The third-order valence-electron chi connectivity index (χ3n) is 5.64. The number of ether oxygens (including phenoxy) is 1. The molecule has 3 saturated carbocycles. The van der Waals surface area contributed by atoms with Gasteiger partial charge >= 0.3 is 6.09 Å². The van der Waals surface area contributed by atoms with Crippen molar-refractivity contribution in [2.75, 3.05) is 13.1 Å². The first kappa shape index (κ1) is 17.1. The molecule has 0 saturated heterocycles. The van der Waals surface area contributed by atoms with Crippen LogP contribution in [0.15, 0.2) is 0 Å². The summed E-state index contributed by atoms with van der Waals surface area (Å²) in [5.74, 6) is 3.50. The molecule has 0 aliphatic heterocycles. The number of carbonyl (C=O) groups is 1. The number of rotatable bonds is 7. The summed E-state index contributed by atoms with van der Waals surface area (Å²) >= 11 is 0. The minimum Gasteiger partial charge on any atom is -0.444 e. The molecule has 0 aromatic rings. The van der Waals surface area contributed by atoms with Crippen LogP contribution in [0.1, 0.15) is 65.7 Å². The molecule has 2 atom stereocenters. The molecule has 2 unspecified atom stereocenters. The Kier molecular flexibility index (Phi) is 5.19. The van der Waals surface area contributed by atoms with Crippen molar-refractivity contribution >= 4 is 6.09 Å². The SMILES string of the molecule is CC(C)(C)OC(=O)NCC1CCCC1NCC(C1CC1)C1CC1. The van der Waals surface area contributed by atoms with E-state index in [1.165, 1.54) is 51.5 Å². The molecule has 0 spiro atoms. The standard InChI is InChI=1S/C19H34N2O2/c1-19(2,3)23-18(22)21-11-15-5-4-6-17(15)20-12-16(13-7-8-13)14-9-10-14/h13-17,20H,4-12H2,1-3H3,(H,21,22). The fourth-order valence-corrected chi connectivity index (χ4v) is 4.13. The molecule has 1 amide bonds. The smallest absolute Gasteiger partial charge is 0.407 e. The second kappa shape index (κ2) is 7.00. The molecule has 2 N–H and O–H groups in total. The molecule has 132 valence electrons. The van der Waals surface area contributed by atoms with Gasteiger partial charge in [0.25, 0.3) is 0 Å². The van der Waals surface area contributed by atoms with Gasteiger partial charge in [-0.2, -0.15) is 0 Å². The van der Waals surface area contributed by atoms with Crippen LogP contribution in [0.25, 0.3) is 0 Å². The Morgan fingerprint density at radius 3 is 2.30 bits per heavy atom. The molecular formula is C19H34N2O2. The minimum atomic E-state index is -0.417. The van der Waals surface area contributed by atoms with Crippen LogP contribution < -0.4 is 10.6 Å². The fraction of sp³-hybridized carbons (Fsp3) is 0.947. The number of hydrogen-bond acceptors (Lipinski definition) is 3. The lowest BCUT2D eigenvalue weighted by Gasteiger charge is -2.26. The highest BCUT2D eigenvalue weighted by Crippen LogP contribution is 2.49. The van der Waals surface area contributed by atoms with E-state index >= 15 is 0 Å². The second-order valence-corrected chi connectivity index (χ2v) is 8.93. The van der Waals surface area contributed by atoms with Gasteiger partial charge in [0.1, 0.15) is 5.60 Å². The predicted octanol–water partition coefficient (Wildman–Crippen LogP) is 3.71. The van der Waals surface area contributed by atoms with Crippen molar-refractivity contribution in [1.29, 1.82) is 0 Å². The average molecular weight is 322 g/mol. The van der Waals surface area contributed by atoms with Gasteiger partial charge in [-0.05, 0) is 89.5 Å². The summed E-state index contributed by atoms with van der Waals surface area (Å²) in [4.78, 5) is 11.8. The van der Waals surface area contributed by atoms with Gasteiger partial charge in [0.2, 0.25) is 0 Å². The normalized spacial score (nSPS) is 28.2. The van der Waals surface area contributed by atoms with Crippen LogP contribution >= 0.6 is 0 Å². The Bertz CT molecular complexity index is 398. The van der Waals surface area contributed by atoms with Gasteiger partial charge in [0, 0.05) is 12.6 Å². The number of nitrogens with one attached hydrogen (secondary N) is 2. The lowest BCUT2D eigenvalue weighted by molar-refractivity contribution is 0.0517. The zero-order valence-corrected chi connectivity index (χ0v) is 15.1. The van der Waals surface area contributed by atoms with E-state index in [0.717, 1.165) is 24.3 Å². The highest BCUT2D eigenvalue weighted by molar-refractivity contribution is 5.67. The monoisotopic (exact) mass is 322 g/mol. The molecule has 4 nitrogen and oxygen atoms in total. The van der Waals surface area contributed by atoms with Gasteiger partial charge in [0.15, 0.2) is 0 Å².